The molecule has 24 heavy (non-hydrogen) atoms. The standard InChI is InChI=1S/C17H13Cl3N2S2/c18-12-2-1-11(16(19)7-12)10-23-14-5-3-13(4-6-14)21-8-15-9-22-17(20)24-15/h1-7,9,21H,8,10H2. The molecule has 0 atom stereocenters. The molecular weight excluding hydrogens is 403 g/mol. The highest BCUT2D eigenvalue weighted by Gasteiger charge is 2.03. The van der Waals surface area contributed by atoms with E-state index in [1.807, 2.05) is 12.1 Å². The molecule has 7 heteroatoms. The number of hydrogen-bond donors (Lipinski definition) is 1. The zero-order chi connectivity index (χ0) is 16.9. The van der Waals surface area contributed by atoms with Gasteiger partial charge in [0, 0.05) is 37.5 Å². The van der Waals surface area contributed by atoms with Crippen molar-refractivity contribution < 1.29 is 0 Å². The van der Waals surface area contributed by atoms with Crippen LogP contribution in [0.25, 0.3) is 0 Å². The van der Waals surface area contributed by atoms with Crippen LogP contribution in [0.15, 0.2) is 53.6 Å². The number of halogens is 3. The van der Waals surface area contributed by atoms with E-state index in [2.05, 4.69) is 34.6 Å². The van der Waals surface area contributed by atoms with Gasteiger partial charge in [-0.15, -0.1) is 23.1 Å². The van der Waals surface area contributed by atoms with Crippen LogP contribution >= 0.6 is 57.9 Å². The van der Waals surface area contributed by atoms with E-state index in [1.54, 1.807) is 24.0 Å². The molecule has 2 aromatic carbocycles. The van der Waals surface area contributed by atoms with Crippen LogP contribution in [0, 0.1) is 0 Å². The SMILES string of the molecule is Clc1ccc(CSc2ccc(NCc3cnc(Cl)s3)cc2)c(Cl)c1. The Labute approximate surface area is 164 Å². The average molecular weight is 416 g/mol. The first-order valence-corrected chi connectivity index (χ1v) is 10.0. The minimum absolute atomic E-state index is 0.569. The highest BCUT2D eigenvalue weighted by Crippen LogP contribution is 2.29. The quantitative estimate of drug-likeness (QED) is 0.438. The molecule has 0 spiro atoms. The number of rotatable bonds is 6. The summed E-state index contributed by atoms with van der Waals surface area (Å²) in [4.78, 5) is 6.32. The maximum absolute atomic E-state index is 6.20. The second-order valence-corrected chi connectivity index (χ2v) is 8.57. The Hall–Kier alpha value is -0.910. The van der Waals surface area contributed by atoms with Gasteiger partial charge in [0.15, 0.2) is 4.47 Å². The Balaban J connectivity index is 1.54. The summed E-state index contributed by atoms with van der Waals surface area (Å²) in [6.45, 7) is 0.720. The molecule has 0 aliphatic rings. The largest absolute Gasteiger partial charge is 0.380 e. The van der Waals surface area contributed by atoms with Gasteiger partial charge in [-0.05, 0) is 42.0 Å². The van der Waals surface area contributed by atoms with Crippen LogP contribution in [0.4, 0.5) is 5.69 Å². The van der Waals surface area contributed by atoms with Gasteiger partial charge in [-0.2, -0.15) is 0 Å². The molecule has 3 rings (SSSR count). The molecule has 0 aliphatic heterocycles. The number of nitrogens with one attached hydrogen (secondary N) is 1. The van der Waals surface area contributed by atoms with Gasteiger partial charge in [0.25, 0.3) is 0 Å². The molecule has 0 saturated carbocycles. The number of hydrogen-bond acceptors (Lipinski definition) is 4. The topological polar surface area (TPSA) is 24.9 Å². The zero-order valence-corrected chi connectivity index (χ0v) is 16.3. The van der Waals surface area contributed by atoms with Crippen molar-refractivity contribution in [1.82, 2.24) is 4.98 Å². The molecule has 0 bridgehead atoms. The Kier molecular flexibility index (Phi) is 6.31. The van der Waals surface area contributed by atoms with Crippen molar-refractivity contribution in [2.45, 2.75) is 17.2 Å². The Morgan fingerprint density at radius 3 is 2.50 bits per heavy atom. The molecule has 2 nitrogen and oxygen atoms in total. The summed E-state index contributed by atoms with van der Waals surface area (Å²) >= 11 is 21.2. The van der Waals surface area contributed by atoms with Crippen molar-refractivity contribution in [1.29, 1.82) is 0 Å². The molecule has 1 aromatic heterocycles. The van der Waals surface area contributed by atoms with E-state index in [4.69, 9.17) is 34.8 Å². The van der Waals surface area contributed by atoms with Crippen molar-refractivity contribution >= 4 is 63.6 Å². The van der Waals surface area contributed by atoms with E-state index in [1.165, 1.54) is 16.2 Å². The molecule has 1 heterocycles. The van der Waals surface area contributed by atoms with Crippen molar-refractivity contribution in [2.24, 2.45) is 0 Å². The van der Waals surface area contributed by atoms with E-state index < -0.39 is 0 Å². The second kappa shape index (κ2) is 8.45. The highest BCUT2D eigenvalue weighted by molar-refractivity contribution is 7.98. The zero-order valence-electron chi connectivity index (χ0n) is 12.4. The average Bonchev–Trinajstić information content (AvgIpc) is 2.99. The first-order chi connectivity index (χ1) is 11.6. The lowest BCUT2D eigenvalue weighted by molar-refractivity contribution is 1.17. The lowest BCUT2D eigenvalue weighted by atomic mass is 10.2. The van der Waals surface area contributed by atoms with E-state index >= 15 is 0 Å². The Morgan fingerprint density at radius 1 is 1.04 bits per heavy atom. The number of nitrogens with zero attached hydrogens (tertiary/aromatic N) is 1. The van der Waals surface area contributed by atoms with Gasteiger partial charge >= 0.3 is 0 Å². The van der Waals surface area contributed by atoms with Gasteiger partial charge in [0.05, 0.1) is 6.54 Å². The summed E-state index contributed by atoms with van der Waals surface area (Å²) in [6.07, 6.45) is 1.79. The van der Waals surface area contributed by atoms with Gasteiger partial charge in [-0.25, -0.2) is 4.98 Å². The predicted octanol–water partition coefficient (Wildman–Crippen LogP) is 7.01. The van der Waals surface area contributed by atoms with Crippen LogP contribution in [-0.2, 0) is 12.3 Å². The van der Waals surface area contributed by atoms with Crippen LogP contribution < -0.4 is 5.32 Å². The maximum Gasteiger partial charge on any atom is 0.183 e. The molecule has 124 valence electrons. The lowest BCUT2D eigenvalue weighted by Crippen LogP contribution is -1.96. The summed E-state index contributed by atoms with van der Waals surface area (Å²) in [5, 5.41) is 4.72. The number of thioether (sulfide) groups is 1. The number of benzene rings is 2. The molecular formula is C17H13Cl3N2S2. The minimum atomic E-state index is 0.569. The van der Waals surface area contributed by atoms with E-state index in [0.717, 1.165) is 28.4 Å². The van der Waals surface area contributed by atoms with Crippen LogP contribution in [-0.4, -0.2) is 4.98 Å². The minimum Gasteiger partial charge on any atom is -0.380 e. The predicted molar refractivity (Wildman–Crippen MR) is 107 cm³/mol. The number of thiazole rings is 1. The fraction of sp³-hybridized carbons (Fsp3) is 0.118. The summed E-state index contributed by atoms with van der Waals surface area (Å²) < 4.78 is 0.569. The smallest absolute Gasteiger partial charge is 0.183 e. The summed E-state index contributed by atoms with van der Waals surface area (Å²) in [5.41, 5.74) is 2.14. The molecule has 0 fully saturated rings. The molecule has 0 unspecified atom stereocenters. The van der Waals surface area contributed by atoms with Crippen molar-refractivity contribution in [2.75, 3.05) is 5.32 Å². The van der Waals surface area contributed by atoms with Gasteiger partial charge in [0.1, 0.15) is 0 Å². The monoisotopic (exact) mass is 414 g/mol. The first-order valence-electron chi connectivity index (χ1n) is 7.11. The third-order valence-corrected chi connectivity index (χ3v) is 6.02. The Morgan fingerprint density at radius 2 is 1.83 bits per heavy atom. The van der Waals surface area contributed by atoms with Gasteiger partial charge < -0.3 is 5.32 Å². The third-order valence-electron chi connectivity index (χ3n) is 3.26. The number of anilines is 1. The van der Waals surface area contributed by atoms with Gasteiger partial charge in [-0.1, -0.05) is 40.9 Å². The van der Waals surface area contributed by atoms with E-state index in [-0.39, 0.29) is 0 Å². The normalized spacial score (nSPS) is 10.8. The summed E-state index contributed by atoms with van der Waals surface area (Å²) in [6, 6.07) is 13.9. The van der Waals surface area contributed by atoms with Crippen LogP contribution in [0.5, 0.6) is 0 Å². The Bertz CT molecular complexity index is 819. The van der Waals surface area contributed by atoms with Crippen LogP contribution in [0.1, 0.15) is 10.4 Å². The fourth-order valence-corrected chi connectivity index (χ4v) is 4.40. The number of aromatic nitrogens is 1. The molecule has 0 radical (unpaired) electrons. The fourth-order valence-electron chi connectivity index (χ4n) is 2.02. The molecule has 3 aromatic rings. The second-order valence-electron chi connectivity index (χ2n) is 4.98. The van der Waals surface area contributed by atoms with Gasteiger partial charge in [0.2, 0.25) is 0 Å². The lowest BCUT2D eigenvalue weighted by Gasteiger charge is -2.07. The van der Waals surface area contributed by atoms with Crippen LogP contribution in [0.2, 0.25) is 14.5 Å². The van der Waals surface area contributed by atoms with Gasteiger partial charge in [-0.3, -0.25) is 0 Å². The van der Waals surface area contributed by atoms with Crippen LogP contribution in [0.3, 0.4) is 0 Å². The van der Waals surface area contributed by atoms with E-state index in [0.29, 0.717) is 14.5 Å². The molecule has 0 amide bonds. The van der Waals surface area contributed by atoms with Crippen molar-refractivity contribution in [3.63, 3.8) is 0 Å². The van der Waals surface area contributed by atoms with E-state index in [9.17, 15) is 0 Å². The summed E-state index contributed by atoms with van der Waals surface area (Å²) in [5.74, 6) is 0.808. The third kappa shape index (κ3) is 5.04. The highest BCUT2D eigenvalue weighted by atomic mass is 35.5. The molecule has 1 N–H and O–H groups in total. The molecule has 0 aliphatic carbocycles. The van der Waals surface area contributed by atoms with Crippen molar-refractivity contribution in [3.8, 4) is 0 Å². The summed E-state index contributed by atoms with van der Waals surface area (Å²) in [7, 11) is 0. The first kappa shape index (κ1) is 17.9. The molecule has 0 saturated heterocycles. The maximum atomic E-state index is 6.20. The van der Waals surface area contributed by atoms with Crippen molar-refractivity contribution in [3.05, 3.63) is 73.6 Å².